The van der Waals surface area contributed by atoms with E-state index in [-0.39, 0.29) is 23.9 Å². The number of fused-ring (bicyclic) bond motifs is 1. The van der Waals surface area contributed by atoms with Crippen LogP contribution in [0.25, 0.3) is 10.9 Å². The van der Waals surface area contributed by atoms with Gasteiger partial charge in [0.1, 0.15) is 5.82 Å². The molecule has 2 aromatic heterocycles. The smallest absolute Gasteiger partial charge is 0.277 e. The van der Waals surface area contributed by atoms with Crippen molar-refractivity contribution in [2.75, 3.05) is 13.2 Å². The number of sulfonamides is 1. The molecule has 1 unspecified atom stereocenters. The Morgan fingerprint density at radius 2 is 2.07 bits per heavy atom. The quantitative estimate of drug-likeness (QED) is 0.670. The number of para-hydroxylation sites is 1. The van der Waals surface area contributed by atoms with Crippen LogP contribution in [-0.4, -0.2) is 50.1 Å². The molecule has 0 spiro atoms. The number of aliphatic hydroxyl groups excluding tert-OH is 1. The van der Waals surface area contributed by atoms with Crippen molar-refractivity contribution in [3.8, 4) is 0 Å². The third-order valence-corrected chi connectivity index (χ3v) is 6.94. The topological polar surface area (TPSA) is 110 Å². The average molecular weight is 403 g/mol. The lowest BCUT2D eigenvalue weighted by molar-refractivity contribution is 0.265. The third-order valence-electron chi connectivity index (χ3n) is 5.03. The highest BCUT2D eigenvalue weighted by atomic mass is 32.2. The van der Waals surface area contributed by atoms with Gasteiger partial charge in [0, 0.05) is 26.0 Å². The summed E-state index contributed by atoms with van der Waals surface area (Å²) in [5.41, 5.74) is 0.230. The van der Waals surface area contributed by atoms with Crippen molar-refractivity contribution >= 4 is 20.9 Å². The van der Waals surface area contributed by atoms with Gasteiger partial charge < -0.3 is 9.67 Å². The predicted octanol–water partition coefficient (Wildman–Crippen LogP) is 0.648. The molecular weight excluding hydrogens is 382 g/mol. The molecule has 1 fully saturated rings. The SMILES string of the molecule is Cn1ccnc1S(=O)(=O)N1CCCC1c1nc2ccccc2c(=O)n1CCO. The molecule has 9 nitrogen and oxygen atoms in total. The zero-order chi connectivity index (χ0) is 19.9. The molecule has 28 heavy (non-hydrogen) atoms. The maximum atomic E-state index is 13.2. The highest BCUT2D eigenvalue weighted by Gasteiger charge is 2.40. The molecule has 0 bridgehead atoms. The standard InChI is InChI=1S/C18H21N5O4S/c1-21-10-8-19-18(21)28(26,27)23-9-4-7-15(23)16-20-14-6-3-2-5-13(14)17(25)22(16)11-12-24/h2-3,5-6,8,10,15,24H,4,7,9,11-12H2,1H3. The first-order valence-electron chi connectivity index (χ1n) is 9.04. The monoisotopic (exact) mass is 403 g/mol. The second kappa shape index (κ2) is 7.12. The molecule has 4 rings (SSSR count). The number of nitrogens with zero attached hydrogens (tertiary/aromatic N) is 5. The Kier molecular flexibility index (Phi) is 4.77. The first kappa shape index (κ1) is 18.8. The zero-order valence-electron chi connectivity index (χ0n) is 15.4. The molecule has 0 aliphatic carbocycles. The highest BCUT2D eigenvalue weighted by Crippen LogP contribution is 2.35. The van der Waals surface area contributed by atoms with Gasteiger partial charge in [-0.05, 0) is 25.0 Å². The van der Waals surface area contributed by atoms with E-state index in [2.05, 4.69) is 9.97 Å². The number of hydrogen-bond acceptors (Lipinski definition) is 6. The predicted molar refractivity (Wildman–Crippen MR) is 102 cm³/mol. The van der Waals surface area contributed by atoms with Gasteiger partial charge in [-0.3, -0.25) is 9.36 Å². The second-order valence-electron chi connectivity index (χ2n) is 6.76. The van der Waals surface area contributed by atoms with E-state index in [1.54, 1.807) is 37.5 Å². The Labute approximate surface area is 161 Å². The minimum atomic E-state index is -3.85. The molecule has 1 aliphatic rings. The molecule has 3 aromatic rings. The largest absolute Gasteiger partial charge is 0.395 e. The van der Waals surface area contributed by atoms with Crippen molar-refractivity contribution in [2.24, 2.45) is 7.05 Å². The molecule has 1 aromatic carbocycles. The highest BCUT2D eigenvalue weighted by molar-refractivity contribution is 7.89. The first-order chi connectivity index (χ1) is 13.4. The molecular formula is C18H21N5O4S. The first-order valence-corrected chi connectivity index (χ1v) is 10.5. The van der Waals surface area contributed by atoms with Crippen LogP contribution >= 0.6 is 0 Å². The van der Waals surface area contributed by atoms with Crippen molar-refractivity contribution in [3.05, 3.63) is 52.8 Å². The molecule has 0 radical (unpaired) electrons. The summed E-state index contributed by atoms with van der Waals surface area (Å²) in [7, 11) is -2.23. The van der Waals surface area contributed by atoms with E-state index in [1.807, 2.05) is 0 Å². The summed E-state index contributed by atoms with van der Waals surface area (Å²) in [5.74, 6) is 0.355. The van der Waals surface area contributed by atoms with Crippen LogP contribution in [0.4, 0.5) is 0 Å². The summed E-state index contributed by atoms with van der Waals surface area (Å²) in [6, 6.07) is 6.36. The molecule has 3 heterocycles. The van der Waals surface area contributed by atoms with E-state index in [4.69, 9.17) is 0 Å². The Bertz CT molecular complexity index is 1180. The van der Waals surface area contributed by atoms with Crippen LogP contribution in [0.15, 0.2) is 46.6 Å². The van der Waals surface area contributed by atoms with E-state index in [0.29, 0.717) is 36.1 Å². The summed E-state index contributed by atoms with van der Waals surface area (Å²) in [4.78, 5) is 21.6. The maximum Gasteiger partial charge on any atom is 0.277 e. The Morgan fingerprint density at radius 1 is 1.29 bits per heavy atom. The van der Waals surface area contributed by atoms with E-state index < -0.39 is 16.1 Å². The van der Waals surface area contributed by atoms with E-state index in [0.717, 1.165) is 0 Å². The number of rotatable bonds is 5. The maximum absolute atomic E-state index is 13.2. The number of hydrogen-bond donors (Lipinski definition) is 1. The molecule has 1 atom stereocenters. The minimum absolute atomic E-state index is 0.0451. The van der Waals surface area contributed by atoms with Crippen LogP contribution < -0.4 is 5.56 Å². The lowest BCUT2D eigenvalue weighted by Crippen LogP contribution is -2.37. The van der Waals surface area contributed by atoms with Gasteiger partial charge in [0.05, 0.1) is 30.1 Å². The number of benzene rings is 1. The summed E-state index contributed by atoms with van der Waals surface area (Å²) >= 11 is 0. The minimum Gasteiger partial charge on any atom is -0.395 e. The molecule has 0 saturated carbocycles. The molecule has 1 saturated heterocycles. The van der Waals surface area contributed by atoms with Crippen LogP contribution in [-0.2, 0) is 23.6 Å². The number of aliphatic hydroxyl groups is 1. The summed E-state index contributed by atoms with van der Waals surface area (Å²) in [5, 5.41) is 9.86. The van der Waals surface area contributed by atoms with Gasteiger partial charge in [-0.25, -0.2) is 18.4 Å². The van der Waals surface area contributed by atoms with E-state index >= 15 is 0 Å². The summed E-state index contributed by atoms with van der Waals surface area (Å²) in [6.45, 7) is 0.131. The van der Waals surface area contributed by atoms with Gasteiger partial charge in [0.15, 0.2) is 0 Å². The molecule has 10 heteroatoms. The fourth-order valence-electron chi connectivity index (χ4n) is 3.75. The van der Waals surface area contributed by atoms with E-state index in [1.165, 1.54) is 19.6 Å². The van der Waals surface area contributed by atoms with Crippen molar-refractivity contribution in [2.45, 2.75) is 30.6 Å². The van der Waals surface area contributed by atoms with Crippen molar-refractivity contribution in [1.82, 2.24) is 23.4 Å². The van der Waals surface area contributed by atoms with Gasteiger partial charge in [0.25, 0.3) is 15.6 Å². The van der Waals surface area contributed by atoms with Crippen molar-refractivity contribution in [3.63, 3.8) is 0 Å². The fraction of sp³-hybridized carbons (Fsp3) is 0.389. The van der Waals surface area contributed by atoms with Gasteiger partial charge in [-0.1, -0.05) is 12.1 Å². The Morgan fingerprint density at radius 3 is 2.79 bits per heavy atom. The molecule has 1 aliphatic heterocycles. The van der Waals surface area contributed by atoms with E-state index in [9.17, 15) is 18.3 Å². The van der Waals surface area contributed by atoms with Crippen LogP contribution in [0.1, 0.15) is 24.7 Å². The van der Waals surface area contributed by atoms with Gasteiger partial charge in [-0.15, -0.1) is 0 Å². The van der Waals surface area contributed by atoms with Gasteiger partial charge >= 0.3 is 0 Å². The average Bonchev–Trinajstić information content (AvgIpc) is 3.33. The van der Waals surface area contributed by atoms with Crippen LogP contribution in [0, 0.1) is 0 Å². The second-order valence-corrected chi connectivity index (χ2v) is 8.55. The third kappa shape index (κ3) is 2.93. The number of imidazole rings is 1. The van der Waals surface area contributed by atoms with Gasteiger partial charge in [-0.2, -0.15) is 4.31 Å². The number of aryl methyl sites for hydroxylation is 1. The Hall–Kier alpha value is -2.56. The Balaban J connectivity index is 1.88. The fourth-order valence-corrected chi connectivity index (χ4v) is 5.48. The molecule has 0 amide bonds. The normalized spacial score (nSPS) is 18.1. The number of aromatic nitrogens is 4. The van der Waals surface area contributed by atoms with Crippen molar-refractivity contribution in [1.29, 1.82) is 0 Å². The summed E-state index contributed by atoms with van der Waals surface area (Å²) < 4.78 is 30.6. The summed E-state index contributed by atoms with van der Waals surface area (Å²) in [6.07, 6.45) is 4.21. The van der Waals surface area contributed by atoms with Crippen molar-refractivity contribution < 1.29 is 13.5 Å². The molecule has 148 valence electrons. The lowest BCUT2D eigenvalue weighted by atomic mass is 10.2. The van der Waals surface area contributed by atoms with Gasteiger partial charge in [0.2, 0.25) is 5.16 Å². The van der Waals surface area contributed by atoms with Crippen LogP contribution in [0.5, 0.6) is 0 Å². The lowest BCUT2D eigenvalue weighted by Gasteiger charge is -2.25. The zero-order valence-corrected chi connectivity index (χ0v) is 16.2. The van der Waals surface area contributed by atoms with Crippen LogP contribution in [0.3, 0.4) is 0 Å². The molecule has 1 N–H and O–H groups in total. The van der Waals surface area contributed by atoms with Crippen LogP contribution in [0.2, 0.25) is 0 Å².